The summed E-state index contributed by atoms with van der Waals surface area (Å²) in [4.78, 5) is 10.3. The molecule has 10 rings (SSSR count). The Hall–Kier alpha value is -6.04. The average Bonchev–Trinajstić information content (AvgIpc) is 3.74. The van der Waals surface area contributed by atoms with Gasteiger partial charge in [-0.2, -0.15) is 0 Å². The highest BCUT2D eigenvalue weighted by atomic mass is 32.1. The number of hydrogen-bond donors (Lipinski definition) is 1. The predicted octanol–water partition coefficient (Wildman–Crippen LogP) is 10.8. The van der Waals surface area contributed by atoms with Crippen LogP contribution in [0.1, 0.15) is 22.7 Å². The van der Waals surface area contributed by atoms with Gasteiger partial charge in [0.05, 0.1) is 33.0 Å². The molecule has 5 heteroatoms. The molecule has 4 nitrogen and oxygen atoms in total. The van der Waals surface area contributed by atoms with E-state index >= 15 is 0 Å². The first-order valence-electron chi connectivity index (χ1n) is 16.2. The van der Waals surface area contributed by atoms with Gasteiger partial charge in [-0.3, -0.25) is 4.40 Å². The van der Waals surface area contributed by atoms with E-state index in [0.717, 1.165) is 44.9 Å². The van der Waals surface area contributed by atoms with Crippen LogP contribution < -0.4 is 5.32 Å². The number of fused-ring (bicyclic) bond motifs is 10. The van der Waals surface area contributed by atoms with Crippen LogP contribution in [0.25, 0.3) is 64.6 Å². The summed E-state index contributed by atoms with van der Waals surface area (Å²) in [6.45, 7) is 0. The molecule has 0 saturated heterocycles. The van der Waals surface area contributed by atoms with Crippen molar-refractivity contribution < 1.29 is 0 Å². The lowest BCUT2D eigenvalue weighted by Crippen LogP contribution is -2.31. The first-order valence-corrected chi connectivity index (χ1v) is 17.0. The highest BCUT2D eigenvalue weighted by Crippen LogP contribution is 2.42. The average molecular weight is 633 g/mol. The summed E-state index contributed by atoms with van der Waals surface area (Å²) < 4.78 is 4.92. The second kappa shape index (κ2) is 10.8. The molecule has 0 amide bonds. The van der Waals surface area contributed by atoms with Gasteiger partial charge in [0.25, 0.3) is 0 Å². The van der Waals surface area contributed by atoms with Crippen molar-refractivity contribution in [2.75, 3.05) is 0 Å². The first kappa shape index (κ1) is 27.1. The zero-order chi connectivity index (χ0) is 31.6. The third kappa shape index (κ3) is 4.29. The van der Waals surface area contributed by atoms with Crippen molar-refractivity contribution in [1.29, 1.82) is 0 Å². The molecular formula is C43H28N4S. The minimum atomic E-state index is 0.00770. The maximum atomic E-state index is 5.16. The van der Waals surface area contributed by atoms with Gasteiger partial charge in [0, 0.05) is 26.4 Å². The van der Waals surface area contributed by atoms with Gasteiger partial charge < -0.3 is 5.32 Å². The summed E-state index contributed by atoms with van der Waals surface area (Å²) in [5.41, 5.74) is 11.0. The smallest absolute Gasteiger partial charge is 0.146 e. The highest BCUT2D eigenvalue weighted by Gasteiger charge is 2.21. The number of amidine groups is 1. The quantitative estimate of drug-likeness (QED) is 0.210. The number of thiophene rings is 1. The van der Waals surface area contributed by atoms with E-state index in [-0.39, 0.29) is 6.04 Å². The Bertz CT molecular complexity index is 2750. The SMILES string of the molecule is C1=C(c2ccccc2)N=C(c2cccc(-c3ccc4sc5c6ccccc6c6nc7ccccc7n6c5c4c3)c2)NC1c1ccccc1. The van der Waals surface area contributed by atoms with Crippen LogP contribution in [0.3, 0.4) is 0 Å². The zero-order valence-corrected chi connectivity index (χ0v) is 26.7. The summed E-state index contributed by atoms with van der Waals surface area (Å²) in [5, 5.41) is 7.40. The van der Waals surface area contributed by atoms with Crippen molar-refractivity contribution in [3.05, 3.63) is 174 Å². The number of nitrogens with one attached hydrogen (secondary N) is 1. The van der Waals surface area contributed by atoms with E-state index in [2.05, 4.69) is 161 Å². The standard InChI is InChI=1S/C43H28N4S/c1-3-12-27(13-4-1)36-26-37(28-14-5-2-6-15-28)45-42(44-36)31-17-11-16-29(24-31)30-22-23-39-34(25-30)40-41(48-39)32-18-7-8-19-33(32)43-46-35-20-9-10-21-38(35)47(40)43/h1-26,36H,(H,44,45). The summed E-state index contributed by atoms with van der Waals surface area (Å²) in [6.07, 6.45) is 2.22. The predicted molar refractivity (Wildman–Crippen MR) is 202 cm³/mol. The molecule has 9 aromatic rings. The van der Waals surface area contributed by atoms with Crippen molar-refractivity contribution >= 4 is 70.6 Å². The number of hydrogen-bond acceptors (Lipinski definition) is 4. The Balaban J connectivity index is 1.14. The number of aliphatic imine (C=N–C) groups is 1. The highest BCUT2D eigenvalue weighted by molar-refractivity contribution is 7.26. The van der Waals surface area contributed by atoms with Crippen LogP contribution in [0.5, 0.6) is 0 Å². The summed E-state index contributed by atoms with van der Waals surface area (Å²) in [7, 11) is 0. The molecule has 1 N–H and O–H groups in total. The van der Waals surface area contributed by atoms with E-state index in [1.807, 2.05) is 17.4 Å². The lowest BCUT2D eigenvalue weighted by atomic mass is 9.98. The minimum absolute atomic E-state index is 0.00770. The van der Waals surface area contributed by atoms with Gasteiger partial charge in [-0.15, -0.1) is 11.3 Å². The third-order valence-corrected chi connectivity index (χ3v) is 10.6. The van der Waals surface area contributed by atoms with Gasteiger partial charge in [-0.05, 0) is 58.7 Å². The van der Waals surface area contributed by atoms with Crippen LogP contribution in [0.15, 0.2) is 163 Å². The summed E-state index contributed by atoms with van der Waals surface area (Å²) >= 11 is 1.86. The molecule has 6 aromatic carbocycles. The molecule has 0 aliphatic carbocycles. The van der Waals surface area contributed by atoms with Gasteiger partial charge in [0.15, 0.2) is 0 Å². The molecule has 0 spiro atoms. The number of imidazole rings is 1. The summed E-state index contributed by atoms with van der Waals surface area (Å²) in [5.74, 6) is 0.868. The molecule has 48 heavy (non-hydrogen) atoms. The van der Waals surface area contributed by atoms with Gasteiger partial charge in [0.2, 0.25) is 0 Å². The Morgan fingerprint density at radius 2 is 1.29 bits per heavy atom. The number of nitrogens with zero attached hydrogens (tertiary/aromatic N) is 3. The Morgan fingerprint density at radius 3 is 2.17 bits per heavy atom. The van der Waals surface area contributed by atoms with E-state index in [1.54, 1.807) is 0 Å². The molecule has 0 bridgehead atoms. The fraction of sp³-hybridized carbons (Fsp3) is 0.0233. The second-order valence-corrected chi connectivity index (χ2v) is 13.3. The third-order valence-electron chi connectivity index (χ3n) is 9.41. The van der Waals surface area contributed by atoms with Crippen LogP contribution in [0, 0.1) is 0 Å². The van der Waals surface area contributed by atoms with Gasteiger partial charge in [0.1, 0.15) is 11.5 Å². The molecule has 1 atom stereocenters. The molecule has 0 saturated carbocycles. The van der Waals surface area contributed by atoms with E-state index in [9.17, 15) is 0 Å². The van der Waals surface area contributed by atoms with Gasteiger partial charge in [-0.1, -0.05) is 121 Å². The maximum absolute atomic E-state index is 5.16. The summed E-state index contributed by atoms with van der Waals surface area (Å²) in [6, 6.07) is 53.8. The fourth-order valence-corrected chi connectivity index (χ4v) is 8.33. The molecule has 226 valence electrons. The van der Waals surface area contributed by atoms with E-state index < -0.39 is 0 Å². The largest absolute Gasteiger partial charge is 0.359 e. The Morgan fingerprint density at radius 1 is 0.583 bits per heavy atom. The minimum Gasteiger partial charge on any atom is -0.359 e. The normalized spacial score (nSPS) is 14.9. The van der Waals surface area contributed by atoms with Crippen LogP contribution in [0.4, 0.5) is 0 Å². The molecule has 3 aromatic heterocycles. The zero-order valence-electron chi connectivity index (χ0n) is 25.8. The Labute approximate surface area is 281 Å². The van der Waals surface area contributed by atoms with E-state index in [4.69, 9.17) is 9.98 Å². The number of aromatic nitrogens is 2. The van der Waals surface area contributed by atoms with Gasteiger partial charge in [-0.25, -0.2) is 9.98 Å². The van der Waals surface area contributed by atoms with Crippen LogP contribution in [-0.4, -0.2) is 15.2 Å². The molecule has 1 aliphatic heterocycles. The Kier molecular flexibility index (Phi) is 6.08. The lowest BCUT2D eigenvalue weighted by Gasteiger charge is -2.24. The first-order chi connectivity index (χ1) is 23.8. The van der Waals surface area contributed by atoms with E-state index in [1.165, 1.54) is 42.2 Å². The molecule has 1 aliphatic rings. The molecular weight excluding hydrogens is 605 g/mol. The van der Waals surface area contributed by atoms with Crippen molar-refractivity contribution in [1.82, 2.24) is 14.7 Å². The monoisotopic (exact) mass is 632 g/mol. The lowest BCUT2D eigenvalue weighted by molar-refractivity contribution is 0.781. The van der Waals surface area contributed by atoms with Crippen molar-refractivity contribution in [3.63, 3.8) is 0 Å². The van der Waals surface area contributed by atoms with Crippen LogP contribution in [0.2, 0.25) is 0 Å². The van der Waals surface area contributed by atoms with Gasteiger partial charge >= 0.3 is 0 Å². The van der Waals surface area contributed by atoms with Crippen LogP contribution >= 0.6 is 11.3 Å². The molecule has 1 unspecified atom stereocenters. The number of benzene rings is 6. The van der Waals surface area contributed by atoms with Crippen molar-refractivity contribution in [3.8, 4) is 11.1 Å². The topological polar surface area (TPSA) is 41.7 Å². The molecule has 0 radical (unpaired) electrons. The molecule has 0 fully saturated rings. The van der Waals surface area contributed by atoms with E-state index in [0.29, 0.717) is 0 Å². The number of rotatable bonds is 4. The maximum Gasteiger partial charge on any atom is 0.146 e. The molecule has 4 heterocycles. The fourth-order valence-electron chi connectivity index (χ4n) is 7.12. The van der Waals surface area contributed by atoms with Crippen molar-refractivity contribution in [2.24, 2.45) is 4.99 Å². The number of para-hydroxylation sites is 2. The van der Waals surface area contributed by atoms with Crippen molar-refractivity contribution in [2.45, 2.75) is 6.04 Å². The second-order valence-electron chi connectivity index (χ2n) is 12.3. The van der Waals surface area contributed by atoms with Crippen LogP contribution in [-0.2, 0) is 0 Å². The number of pyridine rings is 1.